The number of hydrogen-bond acceptors (Lipinski definition) is 4. The minimum Gasteiger partial charge on any atom is -0.411 e. The maximum Gasteiger partial charge on any atom is 0.159 e. The average Bonchev–Trinajstić information content (AvgIpc) is 2.90. The highest BCUT2D eigenvalue weighted by Gasteiger charge is 2.38. The van der Waals surface area contributed by atoms with Crippen LogP contribution in [0.3, 0.4) is 0 Å². The summed E-state index contributed by atoms with van der Waals surface area (Å²) < 4.78 is 1.80. The van der Waals surface area contributed by atoms with Crippen LogP contribution >= 0.6 is 0 Å². The summed E-state index contributed by atoms with van der Waals surface area (Å²) in [5, 5.41) is 15.9. The molecule has 5 heteroatoms. The van der Waals surface area contributed by atoms with E-state index in [0.717, 1.165) is 17.9 Å². The van der Waals surface area contributed by atoms with Crippen LogP contribution in [0.5, 0.6) is 0 Å². The average molecular weight is 216 g/mol. The van der Waals surface area contributed by atoms with Gasteiger partial charge >= 0.3 is 0 Å². The van der Waals surface area contributed by atoms with E-state index in [1.807, 2.05) is 19.2 Å². The summed E-state index contributed by atoms with van der Waals surface area (Å²) in [6.45, 7) is 1.89. The maximum atomic E-state index is 8.50. The normalized spacial score (nSPS) is 24.3. The van der Waals surface area contributed by atoms with Crippen molar-refractivity contribution in [2.45, 2.75) is 19.3 Å². The van der Waals surface area contributed by atoms with Crippen LogP contribution in [-0.2, 0) is 0 Å². The molecule has 1 aliphatic rings. The van der Waals surface area contributed by atoms with Crippen LogP contribution in [0.1, 0.15) is 23.7 Å². The summed E-state index contributed by atoms with van der Waals surface area (Å²) in [4.78, 5) is 4.41. The van der Waals surface area contributed by atoms with Crippen LogP contribution in [0.4, 0.5) is 0 Å². The fourth-order valence-electron chi connectivity index (χ4n) is 2.15. The fraction of sp³-hybridized carbons (Fsp3) is 0.364. The molecule has 1 fully saturated rings. The van der Waals surface area contributed by atoms with Gasteiger partial charge in [0.2, 0.25) is 0 Å². The second kappa shape index (κ2) is 3.30. The molecule has 82 valence electrons. The van der Waals surface area contributed by atoms with Gasteiger partial charge in [-0.05, 0) is 25.3 Å². The summed E-state index contributed by atoms with van der Waals surface area (Å²) in [5.74, 6) is 1.54. The zero-order valence-corrected chi connectivity index (χ0v) is 8.91. The Hall–Kier alpha value is -1.91. The molecule has 0 amide bonds. The van der Waals surface area contributed by atoms with Gasteiger partial charge in [-0.1, -0.05) is 6.07 Å². The molecule has 2 heterocycles. The van der Waals surface area contributed by atoms with E-state index in [2.05, 4.69) is 21.3 Å². The lowest BCUT2D eigenvalue weighted by atomic mass is 10.1. The van der Waals surface area contributed by atoms with Crippen molar-refractivity contribution < 1.29 is 5.21 Å². The lowest BCUT2D eigenvalue weighted by Crippen LogP contribution is -1.93. The molecule has 2 aromatic rings. The van der Waals surface area contributed by atoms with Gasteiger partial charge in [-0.2, -0.15) is 5.10 Å². The van der Waals surface area contributed by atoms with Gasteiger partial charge in [-0.15, -0.1) is 5.16 Å². The Morgan fingerprint density at radius 2 is 2.50 bits per heavy atom. The topological polar surface area (TPSA) is 62.8 Å². The van der Waals surface area contributed by atoms with E-state index in [1.54, 1.807) is 10.7 Å². The van der Waals surface area contributed by atoms with E-state index in [-0.39, 0.29) is 0 Å². The molecule has 0 spiro atoms. The summed E-state index contributed by atoms with van der Waals surface area (Å²) in [7, 11) is 0. The Morgan fingerprint density at radius 3 is 3.31 bits per heavy atom. The first-order valence-corrected chi connectivity index (χ1v) is 5.29. The third kappa shape index (κ3) is 1.36. The summed E-state index contributed by atoms with van der Waals surface area (Å²) in [6.07, 6.45) is 4.52. The Labute approximate surface area is 92.4 Å². The molecule has 2 atom stereocenters. The molecule has 1 saturated carbocycles. The van der Waals surface area contributed by atoms with Crippen molar-refractivity contribution in [3.05, 3.63) is 29.7 Å². The van der Waals surface area contributed by atoms with Gasteiger partial charge in [0.25, 0.3) is 0 Å². The van der Waals surface area contributed by atoms with Gasteiger partial charge in [-0.25, -0.2) is 9.50 Å². The number of hydrogen-bond donors (Lipinski definition) is 1. The standard InChI is InChI=1S/C11H12N4O/c1-7-13-11-9(3-2-4-15(11)14-7)10-5-8(10)6-12-16/h2-4,6,8,10,16H,5H2,1H3/b12-6+. The number of aromatic nitrogens is 3. The van der Waals surface area contributed by atoms with Crippen LogP contribution in [0, 0.1) is 12.8 Å². The van der Waals surface area contributed by atoms with Crippen molar-refractivity contribution in [3.8, 4) is 0 Å². The molecule has 1 N–H and O–H groups in total. The minimum absolute atomic E-state index is 0.341. The Morgan fingerprint density at radius 1 is 1.62 bits per heavy atom. The second-order valence-electron chi connectivity index (χ2n) is 4.16. The first-order valence-electron chi connectivity index (χ1n) is 5.29. The van der Waals surface area contributed by atoms with E-state index in [4.69, 9.17) is 5.21 Å². The highest BCUT2D eigenvalue weighted by Crippen LogP contribution is 2.47. The number of rotatable bonds is 2. The van der Waals surface area contributed by atoms with Crippen LogP contribution < -0.4 is 0 Å². The molecular formula is C11H12N4O. The molecular weight excluding hydrogens is 204 g/mol. The first-order chi connectivity index (χ1) is 7.79. The zero-order chi connectivity index (χ0) is 11.1. The predicted octanol–water partition coefficient (Wildman–Crippen LogP) is 1.60. The fourth-order valence-corrected chi connectivity index (χ4v) is 2.15. The van der Waals surface area contributed by atoms with Gasteiger partial charge < -0.3 is 5.21 Å². The third-order valence-electron chi connectivity index (χ3n) is 3.00. The summed E-state index contributed by atoms with van der Waals surface area (Å²) in [5.41, 5.74) is 2.10. The van der Waals surface area contributed by atoms with E-state index < -0.39 is 0 Å². The highest BCUT2D eigenvalue weighted by molar-refractivity contribution is 5.68. The predicted molar refractivity (Wildman–Crippen MR) is 58.9 cm³/mol. The van der Waals surface area contributed by atoms with Gasteiger partial charge in [-0.3, -0.25) is 0 Å². The molecule has 0 saturated heterocycles. The van der Waals surface area contributed by atoms with Crippen molar-refractivity contribution >= 4 is 11.9 Å². The van der Waals surface area contributed by atoms with E-state index >= 15 is 0 Å². The number of nitrogens with zero attached hydrogens (tertiary/aromatic N) is 4. The molecule has 5 nitrogen and oxygen atoms in total. The quantitative estimate of drug-likeness (QED) is 0.471. The lowest BCUT2D eigenvalue weighted by molar-refractivity contribution is 0.320. The van der Waals surface area contributed by atoms with E-state index in [1.165, 1.54) is 5.56 Å². The minimum atomic E-state index is 0.341. The molecule has 3 rings (SSSR count). The molecule has 0 aromatic carbocycles. The van der Waals surface area contributed by atoms with E-state index in [9.17, 15) is 0 Å². The molecule has 2 unspecified atom stereocenters. The molecule has 0 aliphatic heterocycles. The van der Waals surface area contributed by atoms with Crippen molar-refractivity contribution in [1.29, 1.82) is 0 Å². The first kappa shape index (κ1) is 9.33. The third-order valence-corrected chi connectivity index (χ3v) is 3.00. The molecule has 0 bridgehead atoms. The van der Waals surface area contributed by atoms with Crippen molar-refractivity contribution in [2.75, 3.05) is 0 Å². The summed E-state index contributed by atoms with van der Waals surface area (Å²) >= 11 is 0. The SMILES string of the molecule is Cc1nc2c(C3CC3/C=N/O)cccn2n1. The van der Waals surface area contributed by atoms with Gasteiger partial charge in [0, 0.05) is 23.9 Å². The van der Waals surface area contributed by atoms with Gasteiger partial charge in [0.15, 0.2) is 5.65 Å². The molecule has 1 aliphatic carbocycles. The highest BCUT2D eigenvalue weighted by atomic mass is 16.4. The molecule has 0 radical (unpaired) electrons. The number of oxime groups is 1. The smallest absolute Gasteiger partial charge is 0.159 e. The van der Waals surface area contributed by atoms with Gasteiger partial charge in [0.05, 0.1) is 0 Å². The molecule has 2 aromatic heterocycles. The number of aryl methyl sites for hydroxylation is 1. The summed E-state index contributed by atoms with van der Waals surface area (Å²) in [6, 6.07) is 4.04. The second-order valence-corrected chi connectivity index (χ2v) is 4.16. The zero-order valence-electron chi connectivity index (χ0n) is 8.91. The Bertz CT molecular complexity index is 560. The largest absolute Gasteiger partial charge is 0.411 e. The maximum absolute atomic E-state index is 8.50. The van der Waals surface area contributed by atoms with Crippen molar-refractivity contribution in [1.82, 2.24) is 14.6 Å². The monoisotopic (exact) mass is 216 g/mol. The van der Waals surface area contributed by atoms with Crippen molar-refractivity contribution in [3.63, 3.8) is 0 Å². The lowest BCUT2D eigenvalue weighted by Gasteiger charge is -1.99. The van der Waals surface area contributed by atoms with Crippen LogP contribution in [0.15, 0.2) is 23.5 Å². The van der Waals surface area contributed by atoms with Crippen LogP contribution in [0.25, 0.3) is 5.65 Å². The Kier molecular flexibility index (Phi) is 1.92. The van der Waals surface area contributed by atoms with Crippen molar-refractivity contribution in [2.24, 2.45) is 11.1 Å². The molecule has 16 heavy (non-hydrogen) atoms. The number of fused-ring (bicyclic) bond motifs is 1. The van der Waals surface area contributed by atoms with E-state index in [0.29, 0.717) is 11.8 Å². The number of pyridine rings is 1. The van der Waals surface area contributed by atoms with Gasteiger partial charge in [0.1, 0.15) is 5.82 Å². The van der Waals surface area contributed by atoms with Crippen LogP contribution in [-0.4, -0.2) is 26.0 Å². The Balaban J connectivity index is 2.04. The van der Waals surface area contributed by atoms with Crippen LogP contribution in [0.2, 0.25) is 0 Å².